The Morgan fingerprint density at radius 2 is 1.77 bits per heavy atom. The molecular formula is C24H27Cl2N3O4S2. The van der Waals surface area contributed by atoms with Gasteiger partial charge in [-0.15, -0.1) is 11.3 Å². The maximum atomic E-state index is 12.8. The molecule has 2 aromatic carbocycles. The molecule has 0 aliphatic heterocycles. The summed E-state index contributed by atoms with van der Waals surface area (Å²) in [6, 6.07) is 13.0. The molecular weight excluding hydrogens is 529 g/mol. The van der Waals surface area contributed by atoms with E-state index in [1.54, 1.807) is 0 Å². The normalized spacial score (nSPS) is 12.6. The van der Waals surface area contributed by atoms with Crippen molar-refractivity contribution in [2.45, 2.75) is 37.6 Å². The molecule has 0 aliphatic carbocycles. The fourth-order valence-electron chi connectivity index (χ4n) is 3.42. The highest BCUT2D eigenvalue weighted by Gasteiger charge is 2.23. The van der Waals surface area contributed by atoms with Crippen molar-refractivity contribution in [2.24, 2.45) is 5.92 Å². The van der Waals surface area contributed by atoms with Gasteiger partial charge in [0.05, 0.1) is 9.90 Å². The minimum atomic E-state index is -3.84. The van der Waals surface area contributed by atoms with Crippen molar-refractivity contribution in [3.05, 3.63) is 63.5 Å². The molecule has 0 bridgehead atoms. The standard InChI is InChI=1S/C24H27Cl2N3O4S2/c1-15(2)12-19(29-24(31)21-13-16-6-3-4-7-20(16)34-21)23(30)27-10-5-11-28-35(32,33)22-14-17(25)8-9-18(22)26/h3-4,6-9,13-15,19,28H,5,10-12H2,1-2H3,(H,27,30)(H,29,31)/t19-/m0/s1. The zero-order valence-corrected chi connectivity index (χ0v) is 22.5. The first-order valence-electron chi connectivity index (χ1n) is 11.1. The number of nitrogens with one attached hydrogen (secondary N) is 3. The van der Waals surface area contributed by atoms with Crippen LogP contribution in [0.25, 0.3) is 10.1 Å². The lowest BCUT2D eigenvalue weighted by Gasteiger charge is -2.20. The first-order chi connectivity index (χ1) is 16.6. The van der Waals surface area contributed by atoms with E-state index in [1.165, 1.54) is 29.5 Å². The summed E-state index contributed by atoms with van der Waals surface area (Å²) in [6.07, 6.45) is 0.824. The number of hydrogen-bond donors (Lipinski definition) is 3. The Balaban J connectivity index is 1.52. The van der Waals surface area contributed by atoms with Crippen molar-refractivity contribution in [1.82, 2.24) is 15.4 Å². The van der Waals surface area contributed by atoms with E-state index in [1.807, 2.05) is 44.2 Å². The molecule has 11 heteroatoms. The SMILES string of the molecule is CC(C)C[C@H](NC(=O)c1cc2ccccc2s1)C(=O)NCCCNS(=O)(=O)c1cc(Cl)ccc1Cl. The smallest absolute Gasteiger partial charge is 0.262 e. The van der Waals surface area contributed by atoms with Gasteiger partial charge < -0.3 is 10.6 Å². The molecule has 1 heterocycles. The Morgan fingerprint density at radius 3 is 2.49 bits per heavy atom. The van der Waals surface area contributed by atoms with Gasteiger partial charge in [-0.25, -0.2) is 13.1 Å². The van der Waals surface area contributed by atoms with Gasteiger partial charge in [-0.2, -0.15) is 0 Å². The van der Waals surface area contributed by atoms with Crippen molar-refractivity contribution < 1.29 is 18.0 Å². The van der Waals surface area contributed by atoms with E-state index in [9.17, 15) is 18.0 Å². The van der Waals surface area contributed by atoms with Gasteiger partial charge in [0.15, 0.2) is 0 Å². The van der Waals surface area contributed by atoms with Crippen LogP contribution in [0.2, 0.25) is 10.0 Å². The van der Waals surface area contributed by atoms with Crippen LogP contribution in [0.15, 0.2) is 53.4 Å². The second-order valence-corrected chi connectivity index (χ2v) is 12.1. The number of carbonyl (C=O) groups excluding carboxylic acids is 2. The van der Waals surface area contributed by atoms with E-state index in [2.05, 4.69) is 15.4 Å². The Kier molecular flexibility index (Phi) is 9.54. The topological polar surface area (TPSA) is 104 Å². The van der Waals surface area contributed by atoms with Crippen LogP contribution in [-0.4, -0.2) is 39.4 Å². The molecule has 2 amide bonds. The van der Waals surface area contributed by atoms with Crippen molar-refractivity contribution >= 4 is 66.5 Å². The molecule has 0 aliphatic rings. The third-order valence-electron chi connectivity index (χ3n) is 5.11. The van der Waals surface area contributed by atoms with Crippen LogP contribution in [0.1, 0.15) is 36.4 Å². The Morgan fingerprint density at radius 1 is 1.03 bits per heavy atom. The Hall–Kier alpha value is -2.17. The predicted octanol–water partition coefficient (Wildman–Crippen LogP) is 4.84. The van der Waals surface area contributed by atoms with Crippen LogP contribution in [0, 0.1) is 5.92 Å². The van der Waals surface area contributed by atoms with Crippen LogP contribution in [-0.2, 0) is 14.8 Å². The second kappa shape index (κ2) is 12.2. The number of hydrogen-bond acceptors (Lipinski definition) is 5. The summed E-state index contributed by atoms with van der Waals surface area (Å²) < 4.78 is 28.4. The molecule has 3 aromatic rings. The second-order valence-electron chi connectivity index (χ2n) is 8.42. The van der Waals surface area contributed by atoms with E-state index < -0.39 is 16.1 Å². The van der Waals surface area contributed by atoms with E-state index in [-0.39, 0.29) is 45.8 Å². The molecule has 0 saturated carbocycles. The maximum Gasteiger partial charge on any atom is 0.262 e. The number of fused-ring (bicyclic) bond motifs is 1. The summed E-state index contributed by atoms with van der Waals surface area (Å²) in [6.45, 7) is 4.27. The molecule has 35 heavy (non-hydrogen) atoms. The highest BCUT2D eigenvalue weighted by molar-refractivity contribution is 7.89. The summed E-state index contributed by atoms with van der Waals surface area (Å²) in [5.41, 5.74) is 0. The minimum absolute atomic E-state index is 0.0705. The summed E-state index contributed by atoms with van der Waals surface area (Å²) in [5, 5.41) is 6.94. The van der Waals surface area contributed by atoms with E-state index in [0.717, 1.165) is 10.1 Å². The third kappa shape index (κ3) is 7.65. The molecule has 1 aromatic heterocycles. The van der Waals surface area contributed by atoms with Crippen molar-refractivity contribution in [1.29, 1.82) is 0 Å². The number of benzene rings is 2. The van der Waals surface area contributed by atoms with Crippen LogP contribution in [0.3, 0.4) is 0 Å². The summed E-state index contributed by atoms with van der Waals surface area (Å²) in [5.74, 6) is -0.422. The highest BCUT2D eigenvalue weighted by atomic mass is 35.5. The first kappa shape index (κ1) is 27.4. The Labute approximate surface area is 219 Å². The minimum Gasteiger partial charge on any atom is -0.354 e. The molecule has 0 radical (unpaired) electrons. The molecule has 1 atom stereocenters. The van der Waals surface area contributed by atoms with Crippen LogP contribution in [0.5, 0.6) is 0 Å². The summed E-state index contributed by atoms with van der Waals surface area (Å²) >= 11 is 13.2. The van der Waals surface area contributed by atoms with Crippen molar-refractivity contribution in [2.75, 3.05) is 13.1 Å². The third-order valence-corrected chi connectivity index (χ3v) is 8.40. The zero-order valence-electron chi connectivity index (χ0n) is 19.3. The molecule has 3 rings (SSSR count). The predicted molar refractivity (Wildman–Crippen MR) is 142 cm³/mol. The molecule has 0 saturated heterocycles. The van der Waals surface area contributed by atoms with Gasteiger partial charge in [-0.05, 0) is 54.5 Å². The summed E-state index contributed by atoms with van der Waals surface area (Å²) in [4.78, 5) is 26.0. The van der Waals surface area contributed by atoms with Gasteiger partial charge in [0.1, 0.15) is 10.9 Å². The van der Waals surface area contributed by atoms with Gasteiger partial charge >= 0.3 is 0 Å². The van der Waals surface area contributed by atoms with Crippen molar-refractivity contribution in [3.8, 4) is 0 Å². The quantitative estimate of drug-likeness (QED) is 0.294. The summed E-state index contributed by atoms with van der Waals surface area (Å²) in [7, 11) is -3.84. The zero-order chi connectivity index (χ0) is 25.6. The number of rotatable bonds is 11. The number of sulfonamides is 1. The van der Waals surface area contributed by atoms with Crippen LogP contribution >= 0.6 is 34.5 Å². The molecule has 0 unspecified atom stereocenters. The maximum absolute atomic E-state index is 12.8. The average molecular weight is 557 g/mol. The van der Waals surface area contributed by atoms with Gasteiger partial charge in [0.25, 0.3) is 5.91 Å². The average Bonchev–Trinajstić information content (AvgIpc) is 3.24. The van der Waals surface area contributed by atoms with Crippen molar-refractivity contribution in [3.63, 3.8) is 0 Å². The molecule has 0 spiro atoms. The molecule has 7 nitrogen and oxygen atoms in total. The molecule has 188 valence electrons. The monoisotopic (exact) mass is 555 g/mol. The first-order valence-corrected chi connectivity index (χ1v) is 14.1. The van der Waals surface area contributed by atoms with E-state index in [0.29, 0.717) is 17.7 Å². The number of thiophene rings is 1. The number of amides is 2. The lowest BCUT2D eigenvalue weighted by molar-refractivity contribution is -0.123. The van der Waals surface area contributed by atoms with E-state index >= 15 is 0 Å². The van der Waals surface area contributed by atoms with Gasteiger partial charge in [0, 0.05) is 22.8 Å². The fraction of sp³-hybridized carbons (Fsp3) is 0.333. The van der Waals surface area contributed by atoms with Crippen LogP contribution < -0.4 is 15.4 Å². The van der Waals surface area contributed by atoms with Crippen LogP contribution in [0.4, 0.5) is 0 Å². The van der Waals surface area contributed by atoms with Gasteiger partial charge in [-0.1, -0.05) is 55.2 Å². The largest absolute Gasteiger partial charge is 0.354 e. The Bertz CT molecular complexity index is 1280. The van der Waals surface area contributed by atoms with Gasteiger partial charge in [-0.3, -0.25) is 9.59 Å². The highest BCUT2D eigenvalue weighted by Crippen LogP contribution is 2.26. The van der Waals surface area contributed by atoms with E-state index in [4.69, 9.17) is 23.2 Å². The number of halogens is 2. The lowest BCUT2D eigenvalue weighted by atomic mass is 10.0. The fourth-order valence-corrected chi connectivity index (χ4v) is 6.22. The molecule has 3 N–H and O–H groups in total. The molecule has 0 fully saturated rings. The lowest BCUT2D eigenvalue weighted by Crippen LogP contribution is -2.47. The van der Waals surface area contributed by atoms with Gasteiger partial charge in [0.2, 0.25) is 15.9 Å². The number of carbonyl (C=O) groups is 2.